The Morgan fingerprint density at radius 3 is 2.47 bits per heavy atom. The minimum atomic E-state index is -0.575. The molecule has 1 N–H and O–H groups in total. The first-order chi connectivity index (χ1) is 8.09. The van der Waals surface area contributed by atoms with Crippen LogP contribution in [0.5, 0.6) is 5.75 Å². The molecule has 2 aromatic rings. The zero-order chi connectivity index (χ0) is 12.4. The number of ketones is 1. The van der Waals surface area contributed by atoms with E-state index in [2.05, 4.69) is 15.9 Å². The third-order valence-electron chi connectivity index (χ3n) is 2.31. The maximum absolute atomic E-state index is 13.2. The Kier molecular flexibility index (Phi) is 3.24. The van der Waals surface area contributed by atoms with Crippen LogP contribution >= 0.6 is 15.9 Å². The van der Waals surface area contributed by atoms with E-state index in [1.165, 1.54) is 0 Å². The second-order valence-corrected chi connectivity index (χ2v) is 4.33. The Hall–Kier alpha value is -1.68. The van der Waals surface area contributed by atoms with Gasteiger partial charge < -0.3 is 5.11 Å². The van der Waals surface area contributed by atoms with Crippen molar-refractivity contribution in [2.45, 2.75) is 0 Å². The fourth-order valence-corrected chi connectivity index (χ4v) is 1.92. The molecule has 4 heteroatoms. The molecule has 0 bridgehead atoms. The van der Waals surface area contributed by atoms with E-state index in [4.69, 9.17) is 0 Å². The Bertz CT molecular complexity index is 567. The summed E-state index contributed by atoms with van der Waals surface area (Å²) in [6.45, 7) is 0. The third-order valence-corrected chi connectivity index (χ3v) is 2.91. The zero-order valence-corrected chi connectivity index (χ0v) is 10.2. The molecule has 0 saturated carbocycles. The van der Waals surface area contributed by atoms with Crippen LogP contribution in [0.15, 0.2) is 46.9 Å². The van der Waals surface area contributed by atoms with Gasteiger partial charge in [0, 0.05) is 5.56 Å². The summed E-state index contributed by atoms with van der Waals surface area (Å²) < 4.78 is 13.4. The van der Waals surface area contributed by atoms with E-state index < -0.39 is 11.6 Å². The molecule has 0 fully saturated rings. The van der Waals surface area contributed by atoms with E-state index in [9.17, 15) is 14.3 Å². The average molecular weight is 295 g/mol. The molecule has 0 radical (unpaired) electrons. The lowest BCUT2D eigenvalue weighted by atomic mass is 10.0. The topological polar surface area (TPSA) is 37.3 Å². The number of halogens is 2. The number of hydrogen-bond acceptors (Lipinski definition) is 2. The monoisotopic (exact) mass is 294 g/mol. The van der Waals surface area contributed by atoms with Crippen LogP contribution in [0, 0.1) is 5.82 Å². The number of phenols is 1. The van der Waals surface area contributed by atoms with E-state index in [0.717, 1.165) is 12.1 Å². The lowest BCUT2D eigenvalue weighted by Gasteiger charge is -2.06. The smallest absolute Gasteiger partial charge is 0.196 e. The Balaban J connectivity index is 2.52. The normalized spacial score (nSPS) is 10.2. The summed E-state index contributed by atoms with van der Waals surface area (Å²) in [5.74, 6) is -1.24. The van der Waals surface area contributed by atoms with Crippen LogP contribution in [0.4, 0.5) is 4.39 Å². The predicted octanol–water partition coefficient (Wildman–Crippen LogP) is 3.52. The van der Waals surface area contributed by atoms with E-state index in [1.807, 2.05) is 0 Å². The van der Waals surface area contributed by atoms with Crippen molar-refractivity contribution in [2.24, 2.45) is 0 Å². The molecule has 0 aliphatic heterocycles. The molecule has 0 aromatic heterocycles. The Labute approximate surface area is 106 Å². The third kappa shape index (κ3) is 2.36. The number of hydrogen-bond donors (Lipinski definition) is 1. The van der Waals surface area contributed by atoms with Gasteiger partial charge in [0.05, 0.1) is 10.0 Å². The van der Waals surface area contributed by atoms with Gasteiger partial charge in [-0.3, -0.25) is 4.79 Å². The van der Waals surface area contributed by atoms with Gasteiger partial charge in [0.25, 0.3) is 0 Å². The largest absolute Gasteiger partial charge is 0.506 e. The van der Waals surface area contributed by atoms with Gasteiger partial charge in [0.2, 0.25) is 0 Å². The Morgan fingerprint density at radius 1 is 1.18 bits per heavy atom. The van der Waals surface area contributed by atoms with Gasteiger partial charge in [0.1, 0.15) is 11.6 Å². The summed E-state index contributed by atoms with van der Waals surface area (Å²) in [5.41, 5.74) is 0.350. The van der Waals surface area contributed by atoms with E-state index in [0.29, 0.717) is 5.56 Å². The van der Waals surface area contributed by atoms with Crippen molar-refractivity contribution in [3.05, 3.63) is 63.9 Å². The summed E-state index contributed by atoms with van der Waals surface area (Å²) in [6, 6.07) is 10.5. The van der Waals surface area contributed by atoms with Crippen molar-refractivity contribution in [1.29, 1.82) is 0 Å². The van der Waals surface area contributed by atoms with Crippen molar-refractivity contribution in [2.75, 3.05) is 0 Å². The second-order valence-electron chi connectivity index (χ2n) is 3.48. The van der Waals surface area contributed by atoms with Crippen molar-refractivity contribution < 1.29 is 14.3 Å². The standard InChI is InChI=1S/C13H8BrFO2/c14-11-7-9(15)6-10(13(11)17)12(16)8-4-2-1-3-5-8/h1-7,17H. The number of rotatable bonds is 2. The maximum atomic E-state index is 13.2. The lowest BCUT2D eigenvalue weighted by Crippen LogP contribution is -2.02. The molecule has 2 rings (SSSR count). The highest BCUT2D eigenvalue weighted by atomic mass is 79.9. The first kappa shape index (κ1) is 11.8. The van der Waals surface area contributed by atoms with Crippen LogP contribution in [0.25, 0.3) is 0 Å². The van der Waals surface area contributed by atoms with Crippen LogP contribution in [0.1, 0.15) is 15.9 Å². The van der Waals surface area contributed by atoms with Crippen LogP contribution < -0.4 is 0 Å². The van der Waals surface area contributed by atoms with Gasteiger partial charge in [-0.05, 0) is 28.1 Å². The van der Waals surface area contributed by atoms with Crippen molar-refractivity contribution in [3.8, 4) is 5.75 Å². The van der Waals surface area contributed by atoms with Gasteiger partial charge in [-0.15, -0.1) is 0 Å². The molecule has 0 aliphatic rings. The fourth-order valence-electron chi connectivity index (χ4n) is 1.48. The van der Waals surface area contributed by atoms with Gasteiger partial charge in [-0.25, -0.2) is 4.39 Å². The summed E-state index contributed by atoms with van der Waals surface area (Å²) in [6.07, 6.45) is 0. The maximum Gasteiger partial charge on any atom is 0.196 e. The van der Waals surface area contributed by atoms with Gasteiger partial charge in [0.15, 0.2) is 5.78 Å². The van der Waals surface area contributed by atoms with Gasteiger partial charge in [-0.2, -0.15) is 0 Å². The number of phenolic OH excluding ortho intramolecular Hbond substituents is 1. The molecule has 0 aliphatic carbocycles. The zero-order valence-electron chi connectivity index (χ0n) is 8.65. The molecular weight excluding hydrogens is 287 g/mol. The van der Waals surface area contributed by atoms with Crippen molar-refractivity contribution >= 4 is 21.7 Å². The van der Waals surface area contributed by atoms with Crippen molar-refractivity contribution in [1.82, 2.24) is 0 Å². The van der Waals surface area contributed by atoms with E-state index in [1.54, 1.807) is 30.3 Å². The summed E-state index contributed by atoms with van der Waals surface area (Å²) >= 11 is 3.00. The first-order valence-electron chi connectivity index (χ1n) is 4.87. The van der Waals surface area contributed by atoms with Gasteiger partial charge in [-0.1, -0.05) is 30.3 Å². The Morgan fingerprint density at radius 2 is 1.82 bits per heavy atom. The molecule has 0 amide bonds. The van der Waals surface area contributed by atoms with E-state index >= 15 is 0 Å². The minimum absolute atomic E-state index is 0.0527. The highest BCUT2D eigenvalue weighted by molar-refractivity contribution is 9.10. The highest BCUT2D eigenvalue weighted by Crippen LogP contribution is 2.30. The molecule has 0 heterocycles. The molecule has 0 saturated heterocycles. The predicted molar refractivity (Wildman–Crippen MR) is 65.6 cm³/mol. The number of carbonyl (C=O) groups is 1. The van der Waals surface area contributed by atoms with Crippen LogP contribution in [-0.2, 0) is 0 Å². The number of carbonyl (C=O) groups excluding carboxylic acids is 1. The SMILES string of the molecule is O=C(c1ccccc1)c1cc(F)cc(Br)c1O. The molecule has 0 atom stereocenters. The van der Waals surface area contributed by atoms with Crippen LogP contribution in [0.3, 0.4) is 0 Å². The fraction of sp³-hybridized carbons (Fsp3) is 0. The summed E-state index contributed by atoms with van der Waals surface area (Å²) in [5, 5.41) is 9.72. The first-order valence-corrected chi connectivity index (χ1v) is 5.66. The number of aromatic hydroxyl groups is 1. The molecule has 86 valence electrons. The number of benzene rings is 2. The quantitative estimate of drug-likeness (QED) is 0.861. The van der Waals surface area contributed by atoms with Gasteiger partial charge >= 0.3 is 0 Å². The summed E-state index contributed by atoms with van der Waals surface area (Å²) in [7, 11) is 0. The molecule has 17 heavy (non-hydrogen) atoms. The van der Waals surface area contributed by atoms with E-state index in [-0.39, 0.29) is 15.8 Å². The van der Waals surface area contributed by atoms with Crippen LogP contribution in [0.2, 0.25) is 0 Å². The lowest BCUT2D eigenvalue weighted by molar-refractivity contribution is 0.103. The highest BCUT2D eigenvalue weighted by Gasteiger charge is 2.16. The molecule has 0 unspecified atom stereocenters. The minimum Gasteiger partial charge on any atom is -0.506 e. The molecule has 2 nitrogen and oxygen atoms in total. The molecular formula is C13H8BrFO2. The van der Waals surface area contributed by atoms with Crippen LogP contribution in [-0.4, -0.2) is 10.9 Å². The second kappa shape index (κ2) is 4.67. The average Bonchev–Trinajstić information content (AvgIpc) is 2.34. The van der Waals surface area contributed by atoms with Crippen molar-refractivity contribution in [3.63, 3.8) is 0 Å². The molecule has 2 aromatic carbocycles. The molecule has 0 spiro atoms. The summed E-state index contributed by atoms with van der Waals surface area (Å²) in [4.78, 5) is 12.0.